The fourth-order valence-electron chi connectivity index (χ4n) is 2.28. The molecule has 0 fully saturated rings. The lowest BCUT2D eigenvalue weighted by Crippen LogP contribution is -2.27. The highest BCUT2D eigenvalue weighted by Gasteiger charge is 2.16. The quantitative estimate of drug-likeness (QED) is 0.923. The molecule has 0 spiro atoms. The Hall–Kier alpha value is -2.16. The minimum Gasteiger partial charge on any atom is -0.344 e. The van der Waals surface area contributed by atoms with Gasteiger partial charge in [0.25, 0.3) is 5.91 Å². The van der Waals surface area contributed by atoms with E-state index in [1.165, 1.54) is 5.56 Å². The van der Waals surface area contributed by atoms with E-state index in [9.17, 15) is 4.79 Å². The predicted octanol–water partition coefficient (Wildman–Crippen LogP) is 4.18. The number of nitrogens with one attached hydrogen (secondary N) is 1. The molecule has 0 saturated carbocycles. The van der Waals surface area contributed by atoms with Gasteiger partial charge in [0.05, 0.1) is 11.7 Å². The molecule has 0 aliphatic rings. The monoisotopic (exact) mass is 296 g/mol. The molecular weight excluding hydrogens is 272 g/mol. The Labute approximate surface area is 132 Å². The molecule has 0 radical (unpaired) electrons. The van der Waals surface area contributed by atoms with E-state index < -0.39 is 0 Å². The SMILES string of the molecule is Cc1cccc(C(C)NC(=O)c2ccc(C(C)(C)C)cc2)n1. The molecule has 1 unspecified atom stereocenters. The van der Waals surface area contributed by atoms with Gasteiger partial charge in [0.15, 0.2) is 0 Å². The summed E-state index contributed by atoms with van der Waals surface area (Å²) < 4.78 is 0. The van der Waals surface area contributed by atoms with Gasteiger partial charge < -0.3 is 5.32 Å². The van der Waals surface area contributed by atoms with Crippen molar-refractivity contribution in [3.63, 3.8) is 0 Å². The zero-order valence-electron chi connectivity index (χ0n) is 14.0. The Balaban J connectivity index is 2.09. The minimum absolute atomic E-state index is 0.0729. The molecule has 22 heavy (non-hydrogen) atoms. The lowest BCUT2D eigenvalue weighted by Gasteiger charge is -2.19. The van der Waals surface area contributed by atoms with E-state index in [0.29, 0.717) is 5.56 Å². The van der Waals surface area contributed by atoms with Gasteiger partial charge in [-0.15, -0.1) is 0 Å². The Kier molecular flexibility index (Phi) is 4.65. The van der Waals surface area contributed by atoms with Gasteiger partial charge in [0, 0.05) is 11.3 Å². The molecule has 1 atom stereocenters. The van der Waals surface area contributed by atoms with E-state index in [0.717, 1.165) is 11.4 Å². The number of carbonyl (C=O) groups is 1. The Bertz CT molecular complexity index is 654. The summed E-state index contributed by atoms with van der Waals surface area (Å²) in [5, 5.41) is 3.00. The van der Waals surface area contributed by atoms with Crippen LogP contribution in [0.1, 0.15) is 61.0 Å². The molecule has 1 aromatic heterocycles. The van der Waals surface area contributed by atoms with Gasteiger partial charge in [-0.3, -0.25) is 9.78 Å². The summed E-state index contributed by atoms with van der Waals surface area (Å²) in [7, 11) is 0. The number of hydrogen-bond acceptors (Lipinski definition) is 2. The second-order valence-electron chi connectivity index (χ2n) is 6.73. The maximum absolute atomic E-state index is 12.3. The van der Waals surface area contributed by atoms with E-state index in [4.69, 9.17) is 0 Å². The highest BCUT2D eigenvalue weighted by Crippen LogP contribution is 2.22. The molecule has 2 aromatic rings. The Morgan fingerprint density at radius 2 is 1.73 bits per heavy atom. The molecule has 1 N–H and O–H groups in total. The molecule has 0 aliphatic heterocycles. The lowest BCUT2D eigenvalue weighted by atomic mass is 9.86. The van der Waals surface area contributed by atoms with Gasteiger partial charge in [0.2, 0.25) is 0 Å². The summed E-state index contributed by atoms with van der Waals surface area (Å²) in [6.07, 6.45) is 0. The first kappa shape index (κ1) is 16.2. The van der Waals surface area contributed by atoms with Crippen LogP contribution in [0.2, 0.25) is 0 Å². The molecule has 3 nitrogen and oxygen atoms in total. The molecule has 1 heterocycles. The summed E-state index contributed by atoms with van der Waals surface area (Å²) >= 11 is 0. The topological polar surface area (TPSA) is 42.0 Å². The molecule has 2 rings (SSSR count). The normalized spacial score (nSPS) is 12.8. The summed E-state index contributed by atoms with van der Waals surface area (Å²) in [4.78, 5) is 16.8. The van der Waals surface area contributed by atoms with Crippen LogP contribution in [0.3, 0.4) is 0 Å². The van der Waals surface area contributed by atoms with Crippen molar-refractivity contribution in [1.82, 2.24) is 10.3 Å². The second kappa shape index (κ2) is 6.30. The maximum Gasteiger partial charge on any atom is 0.251 e. The maximum atomic E-state index is 12.3. The number of aromatic nitrogens is 1. The van der Waals surface area contributed by atoms with Crippen molar-refractivity contribution in [2.24, 2.45) is 0 Å². The fraction of sp³-hybridized carbons (Fsp3) is 0.368. The van der Waals surface area contributed by atoms with E-state index >= 15 is 0 Å². The number of hydrogen-bond donors (Lipinski definition) is 1. The molecule has 116 valence electrons. The van der Waals surface area contributed by atoms with Gasteiger partial charge in [-0.25, -0.2) is 0 Å². The van der Waals surface area contributed by atoms with E-state index in [1.807, 2.05) is 56.3 Å². The van der Waals surface area contributed by atoms with Crippen LogP contribution in [0.4, 0.5) is 0 Å². The summed E-state index contributed by atoms with van der Waals surface area (Å²) in [6, 6.07) is 13.5. The number of pyridine rings is 1. The number of aryl methyl sites for hydroxylation is 1. The molecule has 0 saturated heterocycles. The van der Waals surface area contributed by atoms with Gasteiger partial charge in [0.1, 0.15) is 0 Å². The van der Waals surface area contributed by atoms with Crippen molar-refractivity contribution < 1.29 is 4.79 Å². The standard InChI is InChI=1S/C19H24N2O/c1-13-7-6-8-17(20-13)14(2)21-18(22)15-9-11-16(12-10-15)19(3,4)5/h6-12,14H,1-5H3,(H,21,22). The van der Waals surface area contributed by atoms with E-state index in [2.05, 4.69) is 31.1 Å². The van der Waals surface area contributed by atoms with Crippen LogP contribution in [-0.4, -0.2) is 10.9 Å². The first-order valence-corrected chi connectivity index (χ1v) is 7.62. The van der Waals surface area contributed by atoms with E-state index in [1.54, 1.807) is 0 Å². The number of benzene rings is 1. The van der Waals surface area contributed by atoms with Gasteiger partial charge in [-0.1, -0.05) is 39.0 Å². The third kappa shape index (κ3) is 3.94. The largest absolute Gasteiger partial charge is 0.344 e. The Morgan fingerprint density at radius 3 is 2.27 bits per heavy atom. The van der Waals surface area contributed by atoms with Crippen LogP contribution in [0.25, 0.3) is 0 Å². The molecule has 0 bridgehead atoms. The van der Waals surface area contributed by atoms with Crippen molar-refractivity contribution in [3.05, 3.63) is 65.0 Å². The predicted molar refractivity (Wildman–Crippen MR) is 90.0 cm³/mol. The lowest BCUT2D eigenvalue weighted by molar-refractivity contribution is 0.0939. The zero-order valence-corrected chi connectivity index (χ0v) is 14.0. The van der Waals surface area contributed by atoms with Crippen LogP contribution >= 0.6 is 0 Å². The first-order valence-electron chi connectivity index (χ1n) is 7.62. The van der Waals surface area contributed by atoms with Crippen LogP contribution in [0.15, 0.2) is 42.5 Å². The number of carbonyl (C=O) groups excluding carboxylic acids is 1. The number of rotatable bonds is 3. The highest BCUT2D eigenvalue weighted by molar-refractivity contribution is 5.94. The molecule has 1 aromatic carbocycles. The molecule has 3 heteroatoms. The summed E-state index contributed by atoms with van der Waals surface area (Å²) in [5.74, 6) is -0.0729. The molecular formula is C19H24N2O. The van der Waals surface area contributed by atoms with Crippen molar-refractivity contribution in [2.75, 3.05) is 0 Å². The van der Waals surface area contributed by atoms with Gasteiger partial charge >= 0.3 is 0 Å². The van der Waals surface area contributed by atoms with Crippen molar-refractivity contribution >= 4 is 5.91 Å². The summed E-state index contributed by atoms with van der Waals surface area (Å²) in [6.45, 7) is 10.4. The third-order valence-electron chi connectivity index (χ3n) is 3.71. The fourth-order valence-corrected chi connectivity index (χ4v) is 2.28. The van der Waals surface area contributed by atoms with Crippen LogP contribution < -0.4 is 5.32 Å². The third-order valence-corrected chi connectivity index (χ3v) is 3.71. The van der Waals surface area contributed by atoms with Gasteiger partial charge in [-0.05, 0) is 49.1 Å². The highest BCUT2D eigenvalue weighted by atomic mass is 16.1. The van der Waals surface area contributed by atoms with Crippen LogP contribution in [0, 0.1) is 6.92 Å². The van der Waals surface area contributed by atoms with Crippen molar-refractivity contribution in [1.29, 1.82) is 0 Å². The van der Waals surface area contributed by atoms with Crippen LogP contribution in [0.5, 0.6) is 0 Å². The average Bonchev–Trinajstić information content (AvgIpc) is 2.46. The number of amides is 1. The minimum atomic E-state index is -0.116. The van der Waals surface area contributed by atoms with E-state index in [-0.39, 0.29) is 17.4 Å². The average molecular weight is 296 g/mol. The van der Waals surface area contributed by atoms with Crippen molar-refractivity contribution in [2.45, 2.75) is 46.1 Å². The second-order valence-corrected chi connectivity index (χ2v) is 6.73. The Morgan fingerprint density at radius 1 is 1.09 bits per heavy atom. The van der Waals surface area contributed by atoms with Gasteiger partial charge in [-0.2, -0.15) is 0 Å². The summed E-state index contributed by atoms with van der Waals surface area (Å²) in [5.41, 5.74) is 3.81. The first-order chi connectivity index (χ1) is 10.3. The smallest absolute Gasteiger partial charge is 0.251 e. The zero-order chi connectivity index (χ0) is 16.3. The van der Waals surface area contributed by atoms with Crippen LogP contribution in [-0.2, 0) is 5.41 Å². The molecule has 0 aliphatic carbocycles. The molecule has 1 amide bonds. The van der Waals surface area contributed by atoms with Crippen molar-refractivity contribution in [3.8, 4) is 0 Å². The number of nitrogens with zero attached hydrogens (tertiary/aromatic N) is 1.